The van der Waals surface area contributed by atoms with Crippen LogP contribution < -0.4 is 24.5 Å². The van der Waals surface area contributed by atoms with Gasteiger partial charge in [0, 0.05) is 34.9 Å². The molecule has 0 unspecified atom stereocenters. The van der Waals surface area contributed by atoms with Crippen LogP contribution in [-0.4, -0.2) is 48.0 Å². The first-order valence-electron chi connectivity index (χ1n) is 18.7. The van der Waals surface area contributed by atoms with Gasteiger partial charge in [-0.25, -0.2) is 4.68 Å². The standard InChI is InChI=1S/C23H24N2O3.C22H22N2O2S/c1-27-19-11-7-16(8-12-19)21-15-22(26)25(18-5-3-4-6-18)24-23(21)17-9-13-20(28-2)14-10-17;1-25-18-9-5-16(6-10-18)20-13-21(27)24(14-15-3-4-15)23-22(20)17-7-11-19(26-2)12-8-17/h7-15,18H,3-6H2,1-2H3;5-13,15H,3-4,14H2,1-2H3. The highest BCUT2D eigenvalue weighted by molar-refractivity contribution is 7.71. The number of nitrogens with zero attached hydrogens (tertiary/aromatic N) is 4. The number of aromatic nitrogens is 4. The summed E-state index contributed by atoms with van der Waals surface area (Å²) in [7, 11) is 6.63. The molecule has 8 rings (SSSR count). The first-order chi connectivity index (χ1) is 26.9. The van der Waals surface area contributed by atoms with Crippen molar-refractivity contribution in [2.24, 2.45) is 5.92 Å². The van der Waals surface area contributed by atoms with Crippen molar-refractivity contribution >= 4 is 12.2 Å². The summed E-state index contributed by atoms with van der Waals surface area (Å²) >= 11 is 5.64. The van der Waals surface area contributed by atoms with Crippen molar-refractivity contribution in [1.82, 2.24) is 19.6 Å². The van der Waals surface area contributed by atoms with Crippen molar-refractivity contribution < 1.29 is 18.9 Å². The number of hydrogen-bond donors (Lipinski definition) is 0. The molecule has 2 aliphatic carbocycles. The SMILES string of the molecule is COc1ccc(-c2cc(=O)n(C3CCCC3)nc2-c2ccc(OC)cc2)cc1.COc1ccc(-c2cc(=S)n(CC3CC3)nc2-c2ccc(OC)cc2)cc1. The fourth-order valence-electron chi connectivity index (χ4n) is 6.95. The van der Waals surface area contributed by atoms with Gasteiger partial charge in [-0.05, 0) is 122 Å². The Bertz CT molecular complexity index is 2330. The summed E-state index contributed by atoms with van der Waals surface area (Å²) in [5.41, 5.74) is 7.55. The van der Waals surface area contributed by atoms with E-state index in [1.54, 1.807) is 39.2 Å². The van der Waals surface area contributed by atoms with E-state index in [9.17, 15) is 4.79 Å². The molecule has 2 aliphatic rings. The van der Waals surface area contributed by atoms with Crippen LogP contribution in [0.15, 0.2) is 114 Å². The fourth-order valence-corrected chi connectivity index (χ4v) is 7.18. The Morgan fingerprint density at radius 2 is 0.964 bits per heavy atom. The quantitative estimate of drug-likeness (QED) is 0.121. The van der Waals surface area contributed by atoms with E-state index in [4.69, 9.17) is 41.4 Å². The van der Waals surface area contributed by atoms with E-state index in [1.807, 2.05) is 102 Å². The highest BCUT2D eigenvalue weighted by atomic mass is 32.1. The van der Waals surface area contributed by atoms with Crippen LogP contribution >= 0.6 is 12.2 Å². The van der Waals surface area contributed by atoms with Crippen LogP contribution in [0.2, 0.25) is 0 Å². The van der Waals surface area contributed by atoms with Crippen molar-refractivity contribution in [3.05, 3.63) is 124 Å². The zero-order valence-corrected chi connectivity index (χ0v) is 32.6. The minimum atomic E-state index is -0.0463. The number of methoxy groups -OCH3 is 4. The molecule has 0 bridgehead atoms. The van der Waals surface area contributed by atoms with E-state index in [-0.39, 0.29) is 11.6 Å². The maximum absolute atomic E-state index is 12.9. The third kappa shape index (κ3) is 8.81. The van der Waals surface area contributed by atoms with Gasteiger partial charge in [-0.2, -0.15) is 10.2 Å². The molecule has 0 amide bonds. The zero-order valence-electron chi connectivity index (χ0n) is 31.7. The van der Waals surface area contributed by atoms with E-state index in [1.165, 1.54) is 12.8 Å². The predicted octanol–water partition coefficient (Wildman–Crippen LogP) is 10.1. The first kappa shape index (κ1) is 37.6. The van der Waals surface area contributed by atoms with Crippen LogP contribution in [0.1, 0.15) is 44.6 Å². The molecule has 9 nitrogen and oxygen atoms in total. The Labute approximate surface area is 327 Å². The van der Waals surface area contributed by atoms with Gasteiger partial charge >= 0.3 is 0 Å². The summed E-state index contributed by atoms with van der Waals surface area (Å²) in [6.45, 7) is 0.894. The van der Waals surface area contributed by atoms with Crippen LogP contribution in [0.5, 0.6) is 23.0 Å². The Morgan fingerprint density at radius 1 is 0.564 bits per heavy atom. The summed E-state index contributed by atoms with van der Waals surface area (Å²) in [4.78, 5) is 12.9. The highest BCUT2D eigenvalue weighted by Gasteiger charge is 2.24. The van der Waals surface area contributed by atoms with Gasteiger partial charge in [-0.1, -0.05) is 49.3 Å². The smallest absolute Gasteiger partial charge is 0.267 e. The van der Waals surface area contributed by atoms with Crippen molar-refractivity contribution in [2.45, 2.75) is 51.1 Å². The Morgan fingerprint density at radius 3 is 1.38 bits per heavy atom. The Kier molecular flexibility index (Phi) is 11.7. The van der Waals surface area contributed by atoms with Crippen molar-refractivity contribution in [3.8, 4) is 67.8 Å². The topological polar surface area (TPSA) is 89.6 Å². The van der Waals surface area contributed by atoms with Crippen molar-refractivity contribution in [2.75, 3.05) is 28.4 Å². The molecule has 10 heteroatoms. The lowest BCUT2D eigenvalue weighted by Gasteiger charge is -2.17. The number of rotatable bonds is 11. The zero-order chi connectivity index (χ0) is 38.3. The molecule has 282 valence electrons. The molecule has 2 heterocycles. The van der Waals surface area contributed by atoms with Gasteiger partial charge in [0.1, 0.15) is 27.6 Å². The van der Waals surface area contributed by atoms with Crippen LogP contribution in [-0.2, 0) is 6.54 Å². The van der Waals surface area contributed by atoms with Gasteiger partial charge in [-0.15, -0.1) is 0 Å². The lowest BCUT2D eigenvalue weighted by Crippen LogP contribution is -2.26. The largest absolute Gasteiger partial charge is 0.497 e. The van der Waals surface area contributed by atoms with E-state index >= 15 is 0 Å². The van der Waals surface area contributed by atoms with Crippen LogP contribution in [0, 0.1) is 10.6 Å². The third-order valence-corrected chi connectivity index (χ3v) is 10.6. The summed E-state index contributed by atoms with van der Waals surface area (Å²) in [6, 6.07) is 35.5. The molecule has 0 N–H and O–H groups in total. The van der Waals surface area contributed by atoms with Crippen molar-refractivity contribution in [1.29, 1.82) is 0 Å². The van der Waals surface area contributed by atoms with E-state index in [0.29, 0.717) is 5.92 Å². The fraction of sp³-hybridized carbons (Fsp3) is 0.289. The second-order valence-corrected chi connectivity index (χ2v) is 14.3. The first-order valence-corrected chi connectivity index (χ1v) is 19.1. The third-order valence-electron chi connectivity index (χ3n) is 10.3. The van der Waals surface area contributed by atoms with Gasteiger partial charge in [0.2, 0.25) is 0 Å². The van der Waals surface area contributed by atoms with E-state index < -0.39 is 0 Å². The van der Waals surface area contributed by atoms with Gasteiger partial charge in [-0.3, -0.25) is 9.48 Å². The molecule has 4 aromatic carbocycles. The molecule has 0 radical (unpaired) electrons. The van der Waals surface area contributed by atoms with Gasteiger partial charge in [0.05, 0.1) is 45.9 Å². The van der Waals surface area contributed by atoms with Crippen LogP contribution in [0.4, 0.5) is 0 Å². The number of ether oxygens (including phenoxy) is 4. The molecule has 2 fully saturated rings. The van der Waals surface area contributed by atoms with E-state index in [0.717, 1.165) is 105 Å². The van der Waals surface area contributed by atoms with Crippen molar-refractivity contribution in [3.63, 3.8) is 0 Å². The minimum absolute atomic E-state index is 0.0463. The number of benzene rings is 4. The highest BCUT2D eigenvalue weighted by Crippen LogP contribution is 2.36. The monoisotopic (exact) mass is 754 g/mol. The minimum Gasteiger partial charge on any atom is -0.497 e. The van der Waals surface area contributed by atoms with Gasteiger partial charge in [0.25, 0.3) is 5.56 Å². The van der Waals surface area contributed by atoms with Crippen LogP contribution in [0.3, 0.4) is 0 Å². The molecule has 55 heavy (non-hydrogen) atoms. The molecular formula is C45H46N4O5S. The summed E-state index contributed by atoms with van der Waals surface area (Å²) < 4.78 is 25.5. The Hall–Kier alpha value is -5.74. The van der Waals surface area contributed by atoms with Gasteiger partial charge < -0.3 is 18.9 Å². The normalized spacial score (nSPS) is 13.8. The average Bonchev–Trinajstić information content (AvgIpc) is 3.90. The molecule has 0 saturated heterocycles. The Balaban J connectivity index is 0.000000169. The molecule has 2 aromatic heterocycles. The van der Waals surface area contributed by atoms with E-state index in [2.05, 4.69) is 6.07 Å². The molecule has 0 atom stereocenters. The summed E-state index contributed by atoms with van der Waals surface area (Å²) in [6.07, 6.45) is 6.85. The average molecular weight is 755 g/mol. The van der Waals surface area contributed by atoms with Crippen LogP contribution in [0.25, 0.3) is 44.8 Å². The molecule has 0 spiro atoms. The predicted molar refractivity (Wildman–Crippen MR) is 220 cm³/mol. The lowest BCUT2D eigenvalue weighted by molar-refractivity contribution is 0.414. The summed E-state index contributed by atoms with van der Waals surface area (Å²) in [5.74, 6) is 3.94. The second kappa shape index (κ2) is 17.2. The maximum atomic E-state index is 12.9. The lowest BCUT2D eigenvalue weighted by atomic mass is 9.99. The molecule has 6 aromatic rings. The maximum Gasteiger partial charge on any atom is 0.267 e. The summed E-state index contributed by atoms with van der Waals surface area (Å²) in [5, 5.41) is 9.77. The molecular weight excluding hydrogens is 709 g/mol. The molecule has 2 saturated carbocycles. The van der Waals surface area contributed by atoms with Gasteiger partial charge in [0.15, 0.2) is 0 Å². The molecule has 0 aliphatic heterocycles. The number of hydrogen-bond acceptors (Lipinski definition) is 8. The second-order valence-electron chi connectivity index (χ2n) is 13.9.